The highest BCUT2D eigenvalue weighted by Gasteiger charge is 2.15. The molecule has 0 spiro atoms. The van der Waals surface area contributed by atoms with Gasteiger partial charge in [0.2, 0.25) is 0 Å². The van der Waals surface area contributed by atoms with Crippen LogP contribution in [0.15, 0.2) is 23.3 Å². The molecule has 0 saturated carbocycles. The van der Waals surface area contributed by atoms with Crippen molar-refractivity contribution < 1.29 is 4.74 Å². The fourth-order valence-electron chi connectivity index (χ4n) is 2.77. The minimum Gasteiger partial charge on any atom is -0.381 e. The van der Waals surface area contributed by atoms with E-state index in [9.17, 15) is 0 Å². The average molecular weight is 339 g/mol. The highest BCUT2D eigenvalue weighted by molar-refractivity contribution is 6.29. The van der Waals surface area contributed by atoms with Gasteiger partial charge < -0.3 is 15.0 Å². The summed E-state index contributed by atoms with van der Waals surface area (Å²) < 4.78 is 5.41. The van der Waals surface area contributed by atoms with Crippen LogP contribution in [0.5, 0.6) is 0 Å². The highest BCUT2D eigenvalue weighted by atomic mass is 35.5. The first-order valence-corrected chi connectivity index (χ1v) is 8.67. The summed E-state index contributed by atoms with van der Waals surface area (Å²) in [4.78, 5) is 10.7. The van der Waals surface area contributed by atoms with Crippen LogP contribution >= 0.6 is 11.6 Å². The number of nitrogens with zero attached hydrogens (tertiary/aromatic N) is 3. The van der Waals surface area contributed by atoms with Crippen LogP contribution in [-0.4, -0.2) is 56.2 Å². The van der Waals surface area contributed by atoms with Gasteiger partial charge in [0.05, 0.1) is 0 Å². The van der Waals surface area contributed by atoms with Crippen LogP contribution < -0.4 is 5.32 Å². The first-order valence-electron chi connectivity index (χ1n) is 8.29. The monoisotopic (exact) mass is 338 g/mol. The Kier molecular flexibility index (Phi) is 7.62. The summed E-state index contributed by atoms with van der Waals surface area (Å²) in [6, 6.07) is 3.83. The maximum atomic E-state index is 5.80. The molecule has 0 aromatic carbocycles. The molecule has 0 amide bonds. The standard InChI is InChI=1S/C17H27ClN4O/c1-19-17(20-9-5-15-3-4-16(18)21-13-15)22(2)10-6-14-7-11-23-12-8-14/h3-4,13-14H,5-12H2,1-2H3,(H,19,20). The second-order valence-corrected chi connectivity index (χ2v) is 6.37. The van der Waals surface area contributed by atoms with Gasteiger partial charge in [-0.05, 0) is 43.2 Å². The Bertz CT molecular complexity index is 486. The average Bonchev–Trinajstić information content (AvgIpc) is 2.59. The zero-order chi connectivity index (χ0) is 16.5. The molecule has 1 fully saturated rings. The van der Waals surface area contributed by atoms with Crippen LogP contribution in [0, 0.1) is 5.92 Å². The molecule has 0 bridgehead atoms. The molecule has 23 heavy (non-hydrogen) atoms. The lowest BCUT2D eigenvalue weighted by molar-refractivity contribution is 0.0625. The van der Waals surface area contributed by atoms with Crippen molar-refractivity contribution >= 4 is 17.6 Å². The fraction of sp³-hybridized carbons (Fsp3) is 0.647. The lowest BCUT2D eigenvalue weighted by Crippen LogP contribution is -2.40. The first-order chi connectivity index (χ1) is 11.2. The Balaban J connectivity index is 1.69. The molecule has 5 nitrogen and oxygen atoms in total. The van der Waals surface area contributed by atoms with Gasteiger partial charge in [-0.2, -0.15) is 0 Å². The molecule has 1 aromatic heterocycles. The Hall–Kier alpha value is -1.33. The molecule has 2 rings (SSSR count). The normalized spacial score (nSPS) is 16.4. The zero-order valence-corrected chi connectivity index (χ0v) is 14.9. The SMILES string of the molecule is CN=C(NCCc1ccc(Cl)nc1)N(C)CCC1CCOCC1. The maximum absolute atomic E-state index is 5.80. The maximum Gasteiger partial charge on any atom is 0.193 e. The van der Waals surface area contributed by atoms with Gasteiger partial charge in [-0.3, -0.25) is 4.99 Å². The predicted molar refractivity (Wildman–Crippen MR) is 95.1 cm³/mol. The van der Waals surface area contributed by atoms with E-state index in [4.69, 9.17) is 16.3 Å². The van der Waals surface area contributed by atoms with Crippen LogP contribution in [0.1, 0.15) is 24.8 Å². The van der Waals surface area contributed by atoms with E-state index in [1.807, 2.05) is 25.4 Å². The van der Waals surface area contributed by atoms with E-state index in [0.29, 0.717) is 5.15 Å². The molecular weight excluding hydrogens is 312 g/mol. The summed E-state index contributed by atoms with van der Waals surface area (Å²) in [6.07, 6.45) is 6.28. The predicted octanol–water partition coefficient (Wildman–Crippen LogP) is 2.60. The molecule has 0 atom stereocenters. The molecule has 2 heterocycles. The third-order valence-electron chi connectivity index (χ3n) is 4.27. The van der Waals surface area contributed by atoms with E-state index >= 15 is 0 Å². The van der Waals surface area contributed by atoms with Crippen molar-refractivity contribution in [2.45, 2.75) is 25.7 Å². The van der Waals surface area contributed by atoms with Crippen LogP contribution in [0.4, 0.5) is 0 Å². The first kappa shape index (κ1) is 18.0. The number of halogens is 1. The lowest BCUT2D eigenvalue weighted by atomic mass is 9.96. The number of ether oxygens (including phenoxy) is 1. The number of hydrogen-bond donors (Lipinski definition) is 1. The third-order valence-corrected chi connectivity index (χ3v) is 4.50. The third kappa shape index (κ3) is 6.36. The second kappa shape index (κ2) is 9.73. The van der Waals surface area contributed by atoms with E-state index in [-0.39, 0.29) is 0 Å². The summed E-state index contributed by atoms with van der Waals surface area (Å²) in [5, 5.41) is 3.94. The van der Waals surface area contributed by atoms with Crippen molar-refractivity contribution in [1.82, 2.24) is 15.2 Å². The number of aliphatic imine (C=N–C) groups is 1. The van der Waals surface area contributed by atoms with Gasteiger partial charge in [0.25, 0.3) is 0 Å². The molecule has 1 aromatic rings. The zero-order valence-electron chi connectivity index (χ0n) is 14.1. The summed E-state index contributed by atoms with van der Waals surface area (Å²) in [5.74, 6) is 1.73. The summed E-state index contributed by atoms with van der Waals surface area (Å²) in [5.41, 5.74) is 1.17. The van der Waals surface area contributed by atoms with E-state index < -0.39 is 0 Å². The largest absolute Gasteiger partial charge is 0.381 e. The molecule has 0 aliphatic carbocycles. The van der Waals surface area contributed by atoms with Gasteiger partial charge in [0.1, 0.15) is 5.15 Å². The van der Waals surface area contributed by atoms with Crippen molar-refractivity contribution in [3.05, 3.63) is 29.0 Å². The van der Waals surface area contributed by atoms with Crippen molar-refractivity contribution in [2.24, 2.45) is 10.9 Å². The Morgan fingerprint density at radius 1 is 1.43 bits per heavy atom. The molecule has 6 heteroatoms. The number of guanidine groups is 1. The lowest BCUT2D eigenvalue weighted by Gasteiger charge is -2.26. The van der Waals surface area contributed by atoms with Gasteiger partial charge in [0, 0.05) is 46.6 Å². The van der Waals surface area contributed by atoms with Gasteiger partial charge in [0.15, 0.2) is 5.96 Å². The number of rotatable bonds is 6. The van der Waals surface area contributed by atoms with Gasteiger partial charge in [-0.15, -0.1) is 0 Å². The quantitative estimate of drug-likeness (QED) is 0.492. The molecule has 0 unspecified atom stereocenters. The fourth-order valence-corrected chi connectivity index (χ4v) is 2.89. The van der Waals surface area contributed by atoms with Crippen molar-refractivity contribution in [3.63, 3.8) is 0 Å². The minimum absolute atomic E-state index is 0.533. The van der Waals surface area contributed by atoms with Crippen molar-refractivity contribution in [1.29, 1.82) is 0 Å². The molecule has 1 aliphatic heterocycles. The van der Waals surface area contributed by atoms with Gasteiger partial charge >= 0.3 is 0 Å². The topological polar surface area (TPSA) is 49.8 Å². The van der Waals surface area contributed by atoms with Crippen molar-refractivity contribution in [3.8, 4) is 0 Å². The molecule has 128 valence electrons. The Morgan fingerprint density at radius 3 is 2.87 bits per heavy atom. The van der Waals surface area contributed by atoms with Crippen LogP contribution in [-0.2, 0) is 11.2 Å². The minimum atomic E-state index is 0.533. The number of aromatic nitrogens is 1. The highest BCUT2D eigenvalue weighted by Crippen LogP contribution is 2.18. The van der Waals surface area contributed by atoms with E-state index in [2.05, 4.69) is 27.2 Å². The van der Waals surface area contributed by atoms with E-state index in [0.717, 1.165) is 44.6 Å². The Morgan fingerprint density at radius 2 is 2.22 bits per heavy atom. The molecule has 1 aliphatic rings. The van der Waals surface area contributed by atoms with Crippen LogP contribution in [0.25, 0.3) is 0 Å². The summed E-state index contributed by atoms with van der Waals surface area (Å²) in [7, 11) is 3.93. The summed E-state index contributed by atoms with van der Waals surface area (Å²) >= 11 is 5.80. The van der Waals surface area contributed by atoms with Gasteiger partial charge in [-0.25, -0.2) is 4.98 Å². The van der Waals surface area contributed by atoms with Crippen LogP contribution in [0.2, 0.25) is 5.15 Å². The molecule has 0 radical (unpaired) electrons. The number of nitrogens with one attached hydrogen (secondary N) is 1. The van der Waals surface area contributed by atoms with Crippen molar-refractivity contribution in [2.75, 3.05) is 40.4 Å². The van der Waals surface area contributed by atoms with Crippen LogP contribution in [0.3, 0.4) is 0 Å². The van der Waals surface area contributed by atoms with E-state index in [1.165, 1.54) is 24.8 Å². The second-order valence-electron chi connectivity index (χ2n) is 5.98. The van der Waals surface area contributed by atoms with Gasteiger partial charge in [-0.1, -0.05) is 17.7 Å². The number of hydrogen-bond acceptors (Lipinski definition) is 3. The van der Waals surface area contributed by atoms with E-state index in [1.54, 1.807) is 0 Å². The smallest absolute Gasteiger partial charge is 0.193 e. The number of pyridine rings is 1. The molecule has 1 saturated heterocycles. The molecule has 1 N–H and O–H groups in total. The summed E-state index contributed by atoms with van der Waals surface area (Å²) in [6.45, 7) is 3.68. The molecular formula is C17H27ClN4O. The Labute approximate surface area is 144 Å².